The lowest BCUT2D eigenvalue weighted by atomic mass is 10.1. The van der Waals surface area contributed by atoms with E-state index in [9.17, 15) is 19.2 Å². The van der Waals surface area contributed by atoms with Crippen LogP contribution < -0.4 is 15.0 Å². The highest BCUT2D eigenvalue weighted by atomic mass is 35.5. The lowest BCUT2D eigenvalue weighted by Crippen LogP contribution is -2.54. The van der Waals surface area contributed by atoms with E-state index in [-0.39, 0.29) is 16.3 Å². The first-order chi connectivity index (χ1) is 13.8. The van der Waals surface area contributed by atoms with Crippen molar-refractivity contribution in [1.29, 1.82) is 0 Å². The molecule has 0 atom stereocenters. The van der Waals surface area contributed by atoms with Gasteiger partial charge in [0.15, 0.2) is 6.61 Å². The van der Waals surface area contributed by atoms with Crippen LogP contribution in [0.5, 0.6) is 5.75 Å². The Morgan fingerprint density at radius 2 is 1.86 bits per heavy atom. The van der Waals surface area contributed by atoms with Crippen molar-refractivity contribution in [2.24, 2.45) is 0 Å². The van der Waals surface area contributed by atoms with Crippen LogP contribution in [0, 0.1) is 6.92 Å². The Bertz CT molecular complexity index is 1050. The molecule has 8 nitrogen and oxygen atoms in total. The fourth-order valence-corrected chi connectivity index (χ4v) is 2.86. The molecule has 2 N–H and O–H groups in total. The number of carboxylic acid groups (broad SMARTS) is 1. The molecule has 1 saturated heterocycles. The number of amides is 4. The zero-order chi connectivity index (χ0) is 21.1. The van der Waals surface area contributed by atoms with Gasteiger partial charge in [-0.1, -0.05) is 35.4 Å². The first kappa shape index (κ1) is 20.1. The number of carboxylic acids is 1. The van der Waals surface area contributed by atoms with E-state index in [4.69, 9.17) is 21.4 Å². The molecule has 0 radical (unpaired) electrons. The molecule has 1 aliphatic heterocycles. The Labute approximate surface area is 170 Å². The van der Waals surface area contributed by atoms with Crippen molar-refractivity contribution in [3.8, 4) is 5.75 Å². The van der Waals surface area contributed by atoms with Crippen LogP contribution in [0.4, 0.5) is 10.5 Å². The predicted octanol–water partition coefficient (Wildman–Crippen LogP) is 2.78. The largest absolute Gasteiger partial charge is 0.480 e. The molecule has 0 saturated carbocycles. The molecule has 0 spiro atoms. The molecule has 0 aliphatic carbocycles. The van der Waals surface area contributed by atoms with Crippen molar-refractivity contribution < 1.29 is 29.0 Å². The predicted molar refractivity (Wildman–Crippen MR) is 105 cm³/mol. The number of anilines is 1. The topological polar surface area (TPSA) is 113 Å². The minimum Gasteiger partial charge on any atom is -0.480 e. The van der Waals surface area contributed by atoms with Crippen molar-refractivity contribution in [3.05, 3.63) is 64.2 Å². The minimum absolute atomic E-state index is 0.107. The van der Waals surface area contributed by atoms with E-state index in [1.165, 1.54) is 24.3 Å². The van der Waals surface area contributed by atoms with Gasteiger partial charge in [0.1, 0.15) is 11.3 Å². The molecule has 4 amide bonds. The molecular weight excluding hydrogens is 400 g/mol. The monoisotopic (exact) mass is 414 g/mol. The maximum Gasteiger partial charge on any atom is 0.341 e. The SMILES string of the molecule is Cc1ccc(N2C(=O)NC(=O)/C(=C\c3ccc(OCC(=O)O)c(Cl)c3)C2=O)cc1. The second-order valence-electron chi connectivity index (χ2n) is 6.17. The van der Waals surface area contributed by atoms with Gasteiger partial charge in [-0.25, -0.2) is 14.5 Å². The summed E-state index contributed by atoms with van der Waals surface area (Å²) in [5.74, 6) is -2.61. The summed E-state index contributed by atoms with van der Waals surface area (Å²) in [7, 11) is 0. The molecule has 0 unspecified atom stereocenters. The van der Waals surface area contributed by atoms with Crippen molar-refractivity contribution >= 4 is 47.2 Å². The lowest BCUT2D eigenvalue weighted by molar-refractivity contribution is -0.139. The Hall–Kier alpha value is -3.65. The van der Waals surface area contributed by atoms with Gasteiger partial charge < -0.3 is 9.84 Å². The molecule has 3 rings (SSSR count). The van der Waals surface area contributed by atoms with Gasteiger partial charge in [-0.3, -0.25) is 14.9 Å². The number of hydrogen-bond donors (Lipinski definition) is 2. The summed E-state index contributed by atoms with van der Waals surface area (Å²) >= 11 is 6.07. The quantitative estimate of drug-likeness (QED) is 0.574. The number of nitrogens with zero attached hydrogens (tertiary/aromatic N) is 1. The van der Waals surface area contributed by atoms with E-state index < -0.39 is 30.4 Å². The minimum atomic E-state index is -1.16. The Morgan fingerprint density at radius 1 is 1.17 bits per heavy atom. The van der Waals surface area contributed by atoms with Crippen LogP contribution in [-0.4, -0.2) is 35.5 Å². The van der Waals surface area contributed by atoms with Crippen molar-refractivity contribution in [2.45, 2.75) is 6.92 Å². The van der Waals surface area contributed by atoms with Crippen LogP contribution in [0.25, 0.3) is 6.08 Å². The van der Waals surface area contributed by atoms with E-state index in [0.717, 1.165) is 10.5 Å². The maximum atomic E-state index is 12.8. The number of barbiturate groups is 1. The molecule has 29 heavy (non-hydrogen) atoms. The summed E-state index contributed by atoms with van der Waals surface area (Å²) in [6, 6.07) is 10.2. The number of carbonyl (C=O) groups is 4. The molecule has 148 valence electrons. The number of aliphatic carboxylic acids is 1. The van der Waals surface area contributed by atoms with E-state index >= 15 is 0 Å². The number of halogens is 1. The standard InChI is InChI=1S/C20H15ClN2O6/c1-11-2-5-13(6-3-11)23-19(27)14(18(26)22-20(23)28)8-12-4-7-16(15(21)9-12)29-10-17(24)25/h2-9H,10H2,1H3,(H,24,25)(H,22,26,28)/b14-8+. The number of nitrogens with one attached hydrogen (secondary N) is 1. The number of aryl methyl sites for hydroxylation is 1. The molecule has 1 heterocycles. The molecule has 0 aromatic heterocycles. The van der Waals surface area contributed by atoms with E-state index in [1.54, 1.807) is 24.3 Å². The third-order valence-corrected chi connectivity index (χ3v) is 4.31. The second-order valence-corrected chi connectivity index (χ2v) is 6.57. The van der Waals surface area contributed by atoms with Gasteiger partial charge >= 0.3 is 12.0 Å². The van der Waals surface area contributed by atoms with Crippen LogP contribution in [0.15, 0.2) is 48.0 Å². The molecule has 2 aromatic carbocycles. The number of benzene rings is 2. The Morgan fingerprint density at radius 3 is 2.48 bits per heavy atom. The molecule has 9 heteroatoms. The van der Waals surface area contributed by atoms with Gasteiger partial charge in [0.05, 0.1) is 10.7 Å². The molecule has 1 fully saturated rings. The summed E-state index contributed by atoms with van der Waals surface area (Å²) in [5.41, 5.74) is 1.42. The summed E-state index contributed by atoms with van der Waals surface area (Å²) in [5, 5.41) is 10.9. The van der Waals surface area contributed by atoms with Gasteiger partial charge in [0, 0.05) is 0 Å². The number of imide groups is 2. The van der Waals surface area contributed by atoms with Crippen LogP contribution in [0.1, 0.15) is 11.1 Å². The number of ether oxygens (including phenoxy) is 1. The molecule has 1 aliphatic rings. The van der Waals surface area contributed by atoms with Crippen molar-refractivity contribution in [3.63, 3.8) is 0 Å². The van der Waals surface area contributed by atoms with Crippen LogP contribution in [-0.2, 0) is 14.4 Å². The molecular formula is C20H15ClN2O6. The third kappa shape index (κ3) is 4.44. The van der Waals surface area contributed by atoms with Gasteiger partial charge in [-0.2, -0.15) is 0 Å². The van der Waals surface area contributed by atoms with E-state index in [1.807, 2.05) is 6.92 Å². The Balaban J connectivity index is 1.91. The van der Waals surface area contributed by atoms with Gasteiger partial charge in [-0.05, 0) is 42.8 Å². The highest BCUT2D eigenvalue weighted by molar-refractivity contribution is 6.39. The lowest BCUT2D eigenvalue weighted by Gasteiger charge is -2.26. The average molecular weight is 415 g/mol. The van der Waals surface area contributed by atoms with Gasteiger partial charge in [-0.15, -0.1) is 0 Å². The second kappa shape index (κ2) is 8.15. The normalized spacial score (nSPS) is 15.4. The van der Waals surface area contributed by atoms with E-state index in [0.29, 0.717) is 11.3 Å². The first-order valence-corrected chi connectivity index (χ1v) is 8.76. The number of urea groups is 1. The fourth-order valence-electron chi connectivity index (χ4n) is 2.62. The highest BCUT2D eigenvalue weighted by Crippen LogP contribution is 2.28. The highest BCUT2D eigenvalue weighted by Gasteiger charge is 2.36. The smallest absolute Gasteiger partial charge is 0.341 e. The summed E-state index contributed by atoms with van der Waals surface area (Å²) in [4.78, 5) is 48.7. The summed E-state index contributed by atoms with van der Waals surface area (Å²) in [6.45, 7) is 1.30. The zero-order valence-electron chi connectivity index (χ0n) is 15.1. The number of rotatable bonds is 5. The summed E-state index contributed by atoms with van der Waals surface area (Å²) in [6.07, 6.45) is 1.29. The van der Waals surface area contributed by atoms with Crippen molar-refractivity contribution in [2.75, 3.05) is 11.5 Å². The zero-order valence-corrected chi connectivity index (χ0v) is 15.9. The van der Waals surface area contributed by atoms with Crippen LogP contribution in [0.2, 0.25) is 5.02 Å². The van der Waals surface area contributed by atoms with Crippen LogP contribution >= 0.6 is 11.6 Å². The molecule has 0 bridgehead atoms. The number of carbonyl (C=O) groups excluding carboxylic acids is 3. The van der Waals surface area contributed by atoms with Gasteiger partial charge in [0.25, 0.3) is 11.8 Å². The molecule has 2 aromatic rings. The van der Waals surface area contributed by atoms with E-state index in [2.05, 4.69) is 5.32 Å². The number of hydrogen-bond acceptors (Lipinski definition) is 5. The average Bonchev–Trinajstić information content (AvgIpc) is 2.65. The Kier molecular flexibility index (Phi) is 5.65. The van der Waals surface area contributed by atoms with Crippen molar-refractivity contribution in [1.82, 2.24) is 5.32 Å². The summed E-state index contributed by atoms with van der Waals surface area (Å²) < 4.78 is 5.03. The first-order valence-electron chi connectivity index (χ1n) is 8.38. The third-order valence-electron chi connectivity index (χ3n) is 4.01. The maximum absolute atomic E-state index is 12.8. The van der Waals surface area contributed by atoms with Gasteiger partial charge in [0.2, 0.25) is 0 Å². The van der Waals surface area contributed by atoms with Crippen LogP contribution in [0.3, 0.4) is 0 Å². The fraction of sp³-hybridized carbons (Fsp3) is 0.100.